The van der Waals surface area contributed by atoms with Gasteiger partial charge >= 0.3 is 0 Å². The maximum absolute atomic E-state index is 9.88. The lowest BCUT2D eigenvalue weighted by molar-refractivity contribution is 0.191. The topological polar surface area (TPSA) is 76.5 Å². The van der Waals surface area contributed by atoms with Gasteiger partial charge in [-0.1, -0.05) is 0 Å². The van der Waals surface area contributed by atoms with Gasteiger partial charge in [0, 0.05) is 30.5 Å². The molecule has 1 aliphatic heterocycles. The number of hydrogen-bond donors (Lipinski definition) is 2. The van der Waals surface area contributed by atoms with E-state index in [9.17, 15) is 5.11 Å². The molecular weight excluding hydrogens is 240 g/mol. The summed E-state index contributed by atoms with van der Waals surface area (Å²) in [6.45, 7) is 1.48. The van der Waals surface area contributed by atoms with E-state index in [1.807, 2.05) is 20.2 Å². The molecule has 0 radical (unpaired) electrons. The van der Waals surface area contributed by atoms with E-state index in [4.69, 9.17) is 11.0 Å². The number of β-amino-alcohol motifs (C(OH)–C–C–N with tert-alkyl or cyclic N) is 1. The van der Waals surface area contributed by atoms with E-state index in [1.54, 1.807) is 12.1 Å². The standard InChI is InChI=1S/C14H20N4O/c1-17(2)8-12-6-13(19)9-18(12)11-3-4-14(16)10(5-11)7-15/h3-5,12-13,19H,6,8-9,16H2,1-2H3. The predicted molar refractivity (Wildman–Crippen MR) is 75.9 cm³/mol. The van der Waals surface area contributed by atoms with Gasteiger partial charge < -0.3 is 20.6 Å². The molecule has 19 heavy (non-hydrogen) atoms. The monoisotopic (exact) mass is 260 g/mol. The summed E-state index contributed by atoms with van der Waals surface area (Å²) >= 11 is 0. The zero-order valence-corrected chi connectivity index (χ0v) is 11.4. The maximum atomic E-state index is 9.88. The molecule has 3 N–H and O–H groups in total. The highest BCUT2D eigenvalue weighted by Crippen LogP contribution is 2.28. The molecule has 5 nitrogen and oxygen atoms in total. The van der Waals surface area contributed by atoms with Crippen molar-refractivity contribution in [3.8, 4) is 6.07 Å². The van der Waals surface area contributed by atoms with Gasteiger partial charge in [0.2, 0.25) is 0 Å². The molecule has 0 amide bonds. The first-order valence-electron chi connectivity index (χ1n) is 6.40. The Labute approximate surface area is 113 Å². The van der Waals surface area contributed by atoms with Crippen LogP contribution in [0.25, 0.3) is 0 Å². The lowest BCUT2D eigenvalue weighted by Gasteiger charge is -2.29. The van der Waals surface area contributed by atoms with E-state index < -0.39 is 0 Å². The van der Waals surface area contributed by atoms with Crippen LogP contribution < -0.4 is 10.6 Å². The average Bonchev–Trinajstić information content (AvgIpc) is 2.70. The van der Waals surface area contributed by atoms with Crippen LogP contribution in [0.5, 0.6) is 0 Å². The molecule has 0 aliphatic carbocycles. The lowest BCUT2D eigenvalue weighted by atomic mass is 10.1. The van der Waals surface area contributed by atoms with Crippen LogP contribution in [-0.4, -0.2) is 49.3 Å². The SMILES string of the molecule is CN(C)CC1CC(O)CN1c1ccc(N)c(C#N)c1. The van der Waals surface area contributed by atoms with Crippen LogP contribution in [0.3, 0.4) is 0 Å². The van der Waals surface area contributed by atoms with Crippen molar-refractivity contribution < 1.29 is 5.11 Å². The molecular formula is C14H20N4O. The number of aliphatic hydroxyl groups excluding tert-OH is 1. The number of nitrogens with two attached hydrogens (primary N) is 1. The molecule has 0 spiro atoms. The number of nitrogen functional groups attached to an aromatic ring is 1. The molecule has 1 aliphatic rings. The van der Waals surface area contributed by atoms with E-state index in [2.05, 4.69) is 15.9 Å². The Morgan fingerprint density at radius 2 is 2.26 bits per heavy atom. The van der Waals surface area contributed by atoms with Gasteiger partial charge in [-0.2, -0.15) is 5.26 Å². The zero-order valence-electron chi connectivity index (χ0n) is 11.4. The molecule has 1 aromatic rings. The van der Waals surface area contributed by atoms with E-state index >= 15 is 0 Å². The van der Waals surface area contributed by atoms with Crippen molar-refractivity contribution in [2.24, 2.45) is 0 Å². The lowest BCUT2D eigenvalue weighted by Crippen LogP contribution is -2.37. The number of nitrogens with zero attached hydrogens (tertiary/aromatic N) is 3. The van der Waals surface area contributed by atoms with Gasteiger partial charge in [0.15, 0.2) is 0 Å². The molecule has 102 valence electrons. The molecule has 0 saturated carbocycles. The molecule has 1 saturated heterocycles. The van der Waals surface area contributed by atoms with Crippen LogP contribution in [0.15, 0.2) is 18.2 Å². The van der Waals surface area contributed by atoms with Crippen LogP contribution in [-0.2, 0) is 0 Å². The third-order valence-corrected chi connectivity index (χ3v) is 3.46. The van der Waals surface area contributed by atoms with Gasteiger partial charge in [0.05, 0.1) is 11.7 Å². The summed E-state index contributed by atoms with van der Waals surface area (Å²) in [4.78, 5) is 4.27. The summed E-state index contributed by atoms with van der Waals surface area (Å²) in [6, 6.07) is 7.84. The fourth-order valence-corrected chi connectivity index (χ4v) is 2.62. The fourth-order valence-electron chi connectivity index (χ4n) is 2.62. The van der Waals surface area contributed by atoms with Crippen molar-refractivity contribution in [2.45, 2.75) is 18.6 Å². The molecule has 1 aromatic carbocycles. The zero-order chi connectivity index (χ0) is 14.0. The van der Waals surface area contributed by atoms with Gasteiger partial charge in [-0.25, -0.2) is 0 Å². The van der Waals surface area contributed by atoms with Crippen molar-refractivity contribution >= 4 is 11.4 Å². The molecule has 2 unspecified atom stereocenters. The predicted octanol–water partition coefficient (Wildman–Crippen LogP) is 0.642. The first-order chi connectivity index (χ1) is 9.01. The van der Waals surface area contributed by atoms with Crippen molar-refractivity contribution in [1.82, 2.24) is 4.90 Å². The Morgan fingerprint density at radius 3 is 2.89 bits per heavy atom. The number of hydrogen-bond acceptors (Lipinski definition) is 5. The highest BCUT2D eigenvalue weighted by molar-refractivity contribution is 5.63. The highest BCUT2D eigenvalue weighted by atomic mass is 16.3. The van der Waals surface area contributed by atoms with Crippen molar-refractivity contribution in [2.75, 3.05) is 37.8 Å². The van der Waals surface area contributed by atoms with Crippen molar-refractivity contribution in [3.05, 3.63) is 23.8 Å². The van der Waals surface area contributed by atoms with E-state index in [-0.39, 0.29) is 12.1 Å². The number of benzene rings is 1. The second-order valence-corrected chi connectivity index (χ2v) is 5.34. The molecule has 1 fully saturated rings. The van der Waals surface area contributed by atoms with E-state index in [0.717, 1.165) is 18.7 Å². The first-order valence-corrected chi connectivity index (χ1v) is 6.40. The van der Waals surface area contributed by atoms with Gasteiger partial charge in [0.25, 0.3) is 0 Å². The Morgan fingerprint density at radius 1 is 1.53 bits per heavy atom. The Kier molecular flexibility index (Phi) is 3.93. The number of likely N-dealkylation sites (N-methyl/N-ethyl adjacent to an activating group) is 1. The minimum absolute atomic E-state index is 0.264. The van der Waals surface area contributed by atoms with Gasteiger partial charge in [-0.05, 0) is 38.7 Å². The van der Waals surface area contributed by atoms with Crippen LogP contribution in [0.2, 0.25) is 0 Å². The van der Waals surface area contributed by atoms with Crippen LogP contribution >= 0.6 is 0 Å². The van der Waals surface area contributed by atoms with E-state index in [1.165, 1.54) is 0 Å². The van der Waals surface area contributed by atoms with Gasteiger partial charge in [0.1, 0.15) is 6.07 Å². The Hall–Kier alpha value is -1.77. The van der Waals surface area contributed by atoms with E-state index in [0.29, 0.717) is 17.8 Å². The maximum Gasteiger partial charge on any atom is 0.101 e. The summed E-state index contributed by atoms with van der Waals surface area (Å²) in [6.07, 6.45) is 0.442. The molecule has 2 rings (SSSR count). The summed E-state index contributed by atoms with van der Waals surface area (Å²) in [5.74, 6) is 0. The molecule has 0 bridgehead atoms. The van der Waals surface area contributed by atoms with Crippen LogP contribution in [0.1, 0.15) is 12.0 Å². The fraction of sp³-hybridized carbons (Fsp3) is 0.500. The van der Waals surface area contributed by atoms with Crippen molar-refractivity contribution in [1.29, 1.82) is 5.26 Å². The van der Waals surface area contributed by atoms with Gasteiger partial charge in [-0.3, -0.25) is 0 Å². The average molecular weight is 260 g/mol. The highest BCUT2D eigenvalue weighted by Gasteiger charge is 2.31. The summed E-state index contributed by atoms with van der Waals surface area (Å²) < 4.78 is 0. The minimum Gasteiger partial charge on any atom is -0.398 e. The minimum atomic E-state index is -0.312. The summed E-state index contributed by atoms with van der Waals surface area (Å²) in [5.41, 5.74) is 7.68. The number of anilines is 2. The Balaban J connectivity index is 2.26. The first kappa shape index (κ1) is 13.7. The van der Waals surface area contributed by atoms with Gasteiger partial charge in [-0.15, -0.1) is 0 Å². The third-order valence-electron chi connectivity index (χ3n) is 3.46. The number of aliphatic hydroxyl groups is 1. The largest absolute Gasteiger partial charge is 0.398 e. The third kappa shape index (κ3) is 2.98. The smallest absolute Gasteiger partial charge is 0.101 e. The van der Waals surface area contributed by atoms with Crippen LogP contribution in [0.4, 0.5) is 11.4 Å². The molecule has 1 heterocycles. The summed E-state index contributed by atoms with van der Waals surface area (Å²) in [7, 11) is 4.04. The second-order valence-electron chi connectivity index (χ2n) is 5.34. The van der Waals surface area contributed by atoms with Crippen LogP contribution in [0, 0.1) is 11.3 Å². The number of nitriles is 1. The van der Waals surface area contributed by atoms with Crippen molar-refractivity contribution in [3.63, 3.8) is 0 Å². The molecule has 2 atom stereocenters. The molecule has 0 aromatic heterocycles. The normalized spacial score (nSPS) is 22.8. The molecule has 5 heteroatoms. The second kappa shape index (κ2) is 5.47. The Bertz CT molecular complexity index is 495. The summed E-state index contributed by atoms with van der Waals surface area (Å²) in [5, 5.41) is 18.9. The quantitative estimate of drug-likeness (QED) is 0.780. The number of rotatable bonds is 3.